The highest BCUT2D eigenvalue weighted by Gasteiger charge is 2.18. The number of fused-ring (bicyclic) bond motifs is 1. The van der Waals surface area contributed by atoms with Crippen LogP contribution in [0.4, 0.5) is 0 Å². The maximum absolute atomic E-state index is 5.80. The molecule has 0 atom stereocenters. The van der Waals surface area contributed by atoms with Crippen molar-refractivity contribution in [2.24, 2.45) is 18.2 Å². The third-order valence-electron chi connectivity index (χ3n) is 3.20. The smallest absolute Gasteiger partial charge is 0.0510 e. The lowest BCUT2D eigenvalue weighted by molar-refractivity contribution is 0.377. The van der Waals surface area contributed by atoms with Crippen LogP contribution in [0, 0.1) is 5.41 Å². The minimum absolute atomic E-state index is 0.165. The van der Waals surface area contributed by atoms with Crippen molar-refractivity contribution < 1.29 is 0 Å². The fraction of sp³-hybridized carbons (Fsp3) is 0.429. The molecule has 0 saturated heterocycles. The molecule has 2 N–H and O–H groups in total. The summed E-state index contributed by atoms with van der Waals surface area (Å²) in [6.45, 7) is 5.15. The first-order valence-electron chi connectivity index (χ1n) is 5.76. The van der Waals surface area contributed by atoms with E-state index in [1.165, 1.54) is 16.5 Å². The fourth-order valence-electron chi connectivity index (χ4n) is 2.17. The zero-order valence-electron chi connectivity index (χ0n) is 10.3. The van der Waals surface area contributed by atoms with Gasteiger partial charge in [0.05, 0.1) is 5.52 Å². The molecule has 0 radical (unpaired) electrons. The van der Waals surface area contributed by atoms with Crippen molar-refractivity contribution in [1.82, 2.24) is 4.57 Å². The van der Waals surface area contributed by atoms with Crippen LogP contribution in [0.2, 0.25) is 0 Å². The van der Waals surface area contributed by atoms with Gasteiger partial charge in [-0.3, -0.25) is 0 Å². The highest BCUT2D eigenvalue weighted by Crippen LogP contribution is 2.26. The molecule has 0 bridgehead atoms. The Bertz CT molecular complexity index is 494. The molecule has 1 aromatic carbocycles. The number of aromatic nitrogens is 1. The lowest BCUT2D eigenvalue weighted by atomic mass is 9.85. The largest absolute Gasteiger partial charge is 0.350 e. The number of benzene rings is 1. The molecule has 0 aliphatic heterocycles. The first-order chi connectivity index (χ1) is 7.53. The van der Waals surface area contributed by atoms with Crippen LogP contribution in [-0.2, 0) is 13.5 Å². The zero-order valence-corrected chi connectivity index (χ0v) is 10.3. The van der Waals surface area contributed by atoms with Gasteiger partial charge in [-0.15, -0.1) is 0 Å². The molecule has 16 heavy (non-hydrogen) atoms. The summed E-state index contributed by atoms with van der Waals surface area (Å²) in [5, 5.41) is 1.31. The van der Waals surface area contributed by atoms with E-state index in [2.05, 4.69) is 55.9 Å². The average molecular weight is 216 g/mol. The number of hydrogen-bond donors (Lipinski definition) is 1. The number of hydrogen-bond acceptors (Lipinski definition) is 1. The maximum Gasteiger partial charge on any atom is 0.0510 e. The van der Waals surface area contributed by atoms with E-state index in [4.69, 9.17) is 5.73 Å². The standard InChI is InChI=1S/C14H20N2/c1-14(2,10-15)9-12-6-4-5-11-7-8-16(3)13(11)12/h4-8H,9-10,15H2,1-3H3. The molecule has 0 spiro atoms. The SMILES string of the molecule is Cn1ccc2cccc(CC(C)(C)CN)c21. The Morgan fingerprint density at radius 2 is 2.00 bits per heavy atom. The van der Waals surface area contributed by atoms with Gasteiger partial charge < -0.3 is 10.3 Å². The van der Waals surface area contributed by atoms with E-state index >= 15 is 0 Å². The van der Waals surface area contributed by atoms with Crippen molar-refractivity contribution in [1.29, 1.82) is 0 Å². The number of nitrogens with zero attached hydrogens (tertiary/aromatic N) is 1. The zero-order chi connectivity index (χ0) is 11.8. The Labute approximate surface area is 97.1 Å². The second-order valence-electron chi connectivity index (χ2n) is 5.33. The third-order valence-corrected chi connectivity index (χ3v) is 3.20. The Hall–Kier alpha value is -1.28. The minimum atomic E-state index is 0.165. The summed E-state index contributed by atoms with van der Waals surface area (Å²) in [4.78, 5) is 0. The summed E-state index contributed by atoms with van der Waals surface area (Å²) in [6, 6.07) is 8.66. The van der Waals surface area contributed by atoms with Gasteiger partial charge in [-0.1, -0.05) is 32.0 Å². The Balaban J connectivity index is 2.48. The summed E-state index contributed by atoms with van der Waals surface area (Å²) in [5.74, 6) is 0. The van der Waals surface area contributed by atoms with Crippen LogP contribution in [0.3, 0.4) is 0 Å². The topological polar surface area (TPSA) is 30.9 Å². The van der Waals surface area contributed by atoms with Crippen LogP contribution in [-0.4, -0.2) is 11.1 Å². The first-order valence-corrected chi connectivity index (χ1v) is 5.76. The van der Waals surface area contributed by atoms with Crippen molar-refractivity contribution in [2.45, 2.75) is 20.3 Å². The van der Waals surface area contributed by atoms with E-state index in [1.807, 2.05) is 0 Å². The summed E-state index contributed by atoms with van der Waals surface area (Å²) < 4.78 is 2.19. The van der Waals surface area contributed by atoms with Gasteiger partial charge >= 0.3 is 0 Å². The molecule has 0 aliphatic carbocycles. The molecule has 0 saturated carbocycles. The van der Waals surface area contributed by atoms with E-state index in [0.717, 1.165) is 6.42 Å². The minimum Gasteiger partial charge on any atom is -0.350 e. The summed E-state index contributed by atoms with van der Waals surface area (Å²) in [7, 11) is 2.10. The second kappa shape index (κ2) is 3.95. The fourth-order valence-corrected chi connectivity index (χ4v) is 2.17. The van der Waals surface area contributed by atoms with Crippen LogP contribution in [0.5, 0.6) is 0 Å². The van der Waals surface area contributed by atoms with Gasteiger partial charge in [0.15, 0.2) is 0 Å². The van der Waals surface area contributed by atoms with Gasteiger partial charge in [-0.25, -0.2) is 0 Å². The van der Waals surface area contributed by atoms with Gasteiger partial charge in [-0.2, -0.15) is 0 Å². The molecule has 2 rings (SSSR count). The van der Waals surface area contributed by atoms with Crippen molar-refractivity contribution in [3.63, 3.8) is 0 Å². The molecule has 0 aliphatic rings. The van der Waals surface area contributed by atoms with Crippen LogP contribution in [0.15, 0.2) is 30.5 Å². The van der Waals surface area contributed by atoms with Crippen molar-refractivity contribution in [2.75, 3.05) is 6.54 Å². The molecule has 0 unspecified atom stereocenters. The average Bonchev–Trinajstić information content (AvgIpc) is 2.61. The predicted octanol–water partition coefficient (Wildman–Crippen LogP) is 2.71. The van der Waals surface area contributed by atoms with Crippen LogP contribution < -0.4 is 5.73 Å². The molecule has 1 aromatic heterocycles. The summed E-state index contributed by atoms with van der Waals surface area (Å²) in [5.41, 5.74) is 8.70. The van der Waals surface area contributed by atoms with Gasteiger partial charge in [0.2, 0.25) is 0 Å². The third kappa shape index (κ3) is 1.98. The highest BCUT2D eigenvalue weighted by molar-refractivity contribution is 5.83. The molecule has 0 fully saturated rings. The predicted molar refractivity (Wildman–Crippen MR) is 69.5 cm³/mol. The van der Waals surface area contributed by atoms with Gasteiger partial charge in [-0.05, 0) is 35.4 Å². The molecular formula is C14H20N2. The van der Waals surface area contributed by atoms with Crippen LogP contribution >= 0.6 is 0 Å². The van der Waals surface area contributed by atoms with Crippen LogP contribution in [0.25, 0.3) is 10.9 Å². The monoisotopic (exact) mass is 216 g/mol. The van der Waals surface area contributed by atoms with Crippen LogP contribution in [0.1, 0.15) is 19.4 Å². The molecule has 2 nitrogen and oxygen atoms in total. The maximum atomic E-state index is 5.80. The molecule has 0 amide bonds. The number of aryl methyl sites for hydroxylation is 1. The molecule has 86 valence electrons. The quantitative estimate of drug-likeness (QED) is 0.840. The number of rotatable bonds is 3. The van der Waals surface area contributed by atoms with Crippen molar-refractivity contribution in [3.8, 4) is 0 Å². The lowest BCUT2D eigenvalue weighted by Gasteiger charge is -2.23. The number of nitrogens with two attached hydrogens (primary N) is 1. The van der Waals surface area contributed by atoms with E-state index in [0.29, 0.717) is 6.54 Å². The number of para-hydroxylation sites is 1. The Kier molecular flexibility index (Phi) is 2.76. The van der Waals surface area contributed by atoms with Crippen molar-refractivity contribution in [3.05, 3.63) is 36.0 Å². The molecule has 2 heteroatoms. The first kappa shape index (κ1) is 11.2. The van der Waals surface area contributed by atoms with Gasteiger partial charge in [0.1, 0.15) is 0 Å². The molecule has 2 aromatic rings. The van der Waals surface area contributed by atoms with E-state index in [-0.39, 0.29) is 5.41 Å². The second-order valence-corrected chi connectivity index (χ2v) is 5.33. The highest BCUT2D eigenvalue weighted by atomic mass is 14.9. The lowest BCUT2D eigenvalue weighted by Crippen LogP contribution is -2.26. The van der Waals surface area contributed by atoms with E-state index in [9.17, 15) is 0 Å². The normalized spacial score (nSPS) is 12.2. The van der Waals surface area contributed by atoms with Gasteiger partial charge in [0.25, 0.3) is 0 Å². The Morgan fingerprint density at radius 3 is 2.69 bits per heavy atom. The van der Waals surface area contributed by atoms with E-state index < -0.39 is 0 Å². The summed E-state index contributed by atoms with van der Waals surface area (Å²) in [6.07, 6.45) is 3.14. The van der Waals surface area contributed by atoms with Crippen molar-refractivity contribution >= 4 is 10.9 Å². The van der Waals surface area contributed by atoms with Gasteiger partial charge in [0, 0.05) is 13.2 Å². The summed E-state index contributed by atoms with van der Waals surface area (Å²) >= 11 is 0. The molecular weight excluding hydrogens is 196 g/mol. The Morgan fingerprint density at radius 1 is 1.25 bits per heavy atom. The molecule has 1 heterocycles. The van der Waals surface area contributed by atoms with E-state index in [1.54, 1.807) is 0 Å².